The fourth-order valence-corrected chi connectivity index (χ4v) is 3.72. The van der Waals surface area contributed by atoms with Crippen LogP contribution in [0.5, 0.6) is 11.5 Å². The van der Waals surface area contributed by atoms with Gasteiger partial charge in [-0.1, -0.05) is 42.5 Å². The van der Waals surface area contributed by atoms with Crippen molar-refractivity contribution in [2.24, 2.45) is 0 Å². The Balaban J connectivity index is 1.19. The van der Waals surface area contributed by atoms with Crippen LogP contribution in [0.1, 0.15) is 21.9 Å². The zero-order valence-electron chi connectivity index (χ0n) is 18.6. The van der Waals surface area contributed by atoms with E-state index >= 15 is 0 Å². The number of fused-ring (bicyclic) bond motifs is 1. The summed E-state index contributed by atoms with van der Waals surface area (Å²) in [5, 5.41) is 9.59. The third-order valence-electron chi connectivity index (χ3n) is 5.43. The highest BCUT2D eigenvalue weighted by molar-refractivity contribution is 6.02. The van der Waals surface area contributed by atoms with Gasteiger partial charge in [0.15, 0.2) is 5.76 Å². The molecule has 0 radical (unpaired) electrons. The van der Waals surface area contributed by atoms with Gasteiger partial charge < -0.3 is 19.2 Å². The second kappa shape index (κ2) is 9.54. The molecular formula is C27H23N3O4. The van der Waals surface area contributed by atoms with Crippen molar-refractivity contribution in [3.63, 3.8) is 0 Å². The molecule has 0 bridgehead atoms. The Morgan fingerprint density at radius 3 is 2.62 bits per heavy atom. The number of furan rings is 1. The number of rotatable bonds is 8. The number of benzene rings is 3. The minimum Gasteiger partial charge on any atom is -0.497 e. The van der Waals surface area contributed by atoms with Crippen molar-refractivity contribution in [2.75, 3.05) is 12.4 Å². The van der Waals surface area contributed by atoms with E-state index in [0.29, 0.717) is 23.7 Å². The predicted molar refractivity (Wildman–Crippen MR) is 129 cm³/mol. The number of carbonyl (C=O) groups is 1. The summed E-state index contributed by atoms with van der Waals surface area (Å²) in [5.74, 6) is 1.84. The molecule has 2 aromatic heterocycles. The highest BCUT2D eigenvalue weighted by Gasteiger charge is 2.13. The number of anilines is 1. The summed E-state index contributed by atoms with van der Waals surface area (Å²) in [5.41, 5.74) is 1.75. The van der Waals surface area contributed by atoms with Gasteiger partial charge >= 0.3 is 0 Å². The molecule has 1 amide bonds. The lowest BCUT2D eigenvalue weighted by molar-refractivity contribution is 0.0992. The van der Waals surface area contributed by atoms with E-state index in [0.717, 1.165) is 11.3 Å². The van der Waals surface area contributed by atoms with Gasteiger partial charge in [0.2, 0.25) is 0 Å². The average molecular weight is 453 g/mol. The standard InChI is InChI=1S/C27H23N3O4/c1-32-22-9-11-23(12-10-22)33-18-24-13-14-26(34-24)27(31)29-21-15-28-30(17-21)16-20-7-4-6-19-5-2-3-8-25(19)20/h2-15,17H,16,18H2,1H3,(H,29,31). The normalized spacial score (nSPS) is 10.9. The molecule has 5 rings (SSSR count). The van der Waals surface area contributed by atoms with Crippen LogP contribution in [0.3, 0.4) is 0 Å². The Labute approximate surface area is 196 Å². The van der Waals surface area contributed by atoms with Crippen LogP contribution >= 0.6 is 0 Å². The van der Waals surface area contributed by atoms with Gasteiger partial charge in [-0.05, 0) is 52.7 Å². The Kier molecular flexibility index (Phi) is 5.99. The Bertz CT molecular complexity index is 1410. The number of amides is 1. The van der Waals surface area contributed by atoms with Gasteiger partial charge in [-0.15, -0.1) is 0 Å². The SMILES string of the molecule is COc1ccc(OCc2ccc(C(=O)Nc3cnn(Cc4cccc5ccccc45)c3)o2)cc1. The minimum absolute atomic E-state index is 0.204. The van der Waals surface area contributed by atoms with Crippen LogP contribution in [0.2, 0.25) is 0 Å². The van der Waals surface area contributed by atoms with Crippen LogP contribution in [0.15, 0.2) is 95.7 Å². The number of nitrogens with zero attached hydrogens (tertiary/aromatic N) is 2. The molecule has 0 aliphatic rings. The number of methoxy groups -OCH3 is 1. The van der Waals surface area contributed by atoms with E-state index in [1.807, 2.05) is 42.5 Å². The maximum absolute atomic E-state index is 12.6. The van der Waals surface area contributed by atoms with Crippen LogP contribution in [0.25, 0.3) is 10.8 Å². The highest BCUT2D eigenvalue weighted by atomic mass is 16.5. The third kappa shape index (κ3) is 4.78. The van der Waals surface area contributed by atoms with Crippen LogP contribution < -0.4 is 14.8 Å². The Morgan fingerprint density at radius 2 is 1.76 bits per heavy atom. The van der Waals surface area contributed by atoms with Crippen LogP contribution in [-0.4, -0.2) is 22.8 Å². The first kappa shape index (κ1) is 21.3. The molecular weight excluding hydrogens is 430 g/mol. The smallest absolute Gasteiger partial charge is 0.291 e. The minimum atomic E-state index is -0.347. The third-order valence-corrected chi connectivity index (χ3v) is 5.43. The van der Waals surface area contributed by atoms with Gasteiger partial charge in [0.05, 0.1) is 25.5 Å². The number of ether oxygens (including phenoxy) is 2. The van der Waals surface area contributed by atoms with Gasteiger partial charge in [0.25, 0.3) is 5.91 Å². The van der Waals surface area contributed by atoms with Crippen molar-refractivity contribution >= 4 is 22.4 Å². The fourth-order valence-electron chi connectivity index (χ4n) is 3.72. The molecule has 0 atom stereocenters. The van der Waals surface area contributed by atoms with Crippen molar-refractivity contribution in [1.29, 1.82) is 0 Å². The van der Waals surface area contributed by atoms with Gasteiger partial charge in [-0.25, -0.2) is 0 Å². The number of hydrogen-bond donors (Lipinski definition) is 1. The van der Waals surface area contributed by atoms with E-state index in [-0.39, 0.29) is 18.3 Å². The van der Waals surface area contributed by atoms with Gasteiger partial charge in [0, 0.05) is 6.20 Å². The highest BCUT2D eigenvalue weighted by Crippen LogP contribution is 2.21. The van der Waals surface area contributed by atoms with Crippen LogP contribution in [0, 0.1) is 0 Å². The molecule has 0 aliphatic heterocycles. The first-order valence-electron chi connectivity index (χ1n) is 10.8. The van der Waals surface area contributed by atoms with Crippen molar-refractivity contribution in [1.82, 2.24) is 9.78 Å². The van der Waals surface area contributed by atoms with Gasteiger partial charge in [0.1, 0.15) is 23.9 Å². The average Bonchev–Trinajstić information content (AvgIpc) is 3.53. The number of carbonyl (C=O) groups excluding carboxylic acids is 1. The van der Waals surface area contributed by atoms with E-state index in [4.69, 9.17) is 13.9 Å². The molecule has 7 heteroatoms. The summed E-state index contributed by atoms with van der Waals surface area (Å²) in [7, 11) is 1.61. The molecule has 0 saturated carbocycles. The molecule has 1 N–H and O–H groups in total. The lowest BCUT2D eigenvalue weighted by Gasteiger charge is -2.06. The molecule has 34 heavy (non-hydrogen) atoms. The molecule has 3 aromatic carbocycles. The molecule has 0 aliphatic carbocycles. The van der Waals surface area contributed by atoms with Gasteiger partial charge in [-0.3, -0.25) is 9.48 Å². The molecule has 7 nitrogen and oxygen atoms in total. The fraction of sp³-hybridized carbons (Fsp3) is 0.111. The summed E-state index contributed by atoms with van der Waals surface area (Å²) in [6.07, 6.45) is 3.43. The molecule has 0 unspecified atom stereocenters. The maximum atomic E-state index is 12.6. The monoisotopic (exact) mass is 453 g/mol. The maximum Gasteiger partial charge on any atom is 0.291 e. The molecule has 0 spiro atoms. The van der Waals surface area contributed by atoms with E-state index in [9.17, 15) is 4.79 Å². The number of hydrogen-bond acceptors (Lipinski definition) is 5. The Morgan fingerprint density at radius 1 is 0.971 bits per heavy atom. The van der Waals surface area contributed by atoms with Gasteiger partial charge in [-0.2, -0.15) is 5.10 Å². The van der Waals surface area contributed by atoms with E-state index in [1.54, 1.807) is 36.3 Å². The number of aromatic nitrogens is 2. The molecule has 5 aromatic rings. The zero-order chi connectivity index (χ0) is 23.3. The van der Waals surface area contributed by atoms with Crippen molar-refractivity contribution in [2.45, 2.75) is 13.2 Å². The summed E-state index contributed by atoms with van der Waals surface area (Å²) >= 11 is 0. The first-order valence-corrected chi connectivity index (χ1v) is 10.8. The summed E-state index contributed by atoms with van der Waals surface area (Å²) in [6, 6.07) is 25.1. The first-order chi connectivity index (χ1) is 16.7. The van der Waals surface area contributed by atoms with E-state index in [1.165, 1.54) is 10.8 Å². The van der Waals surface area contributed by atoms with Crippen molar-refractivity contribution in [3.8, 4) is 11.5 Å². The molecule has 0 fully saturated rings. The largest absolute Gasteiger partial charge is 0.497 e. The summed E-state index contributed by atoms with van der Waals surface area (Å²) in [4.78, 5) is 12.6. The van der Waals surface area contributed by atoms with Crippen LogP contribution in [-0.2, 0) is 13.2 Å². The second-order valence-electron chi connectivity index (χ2n) is 7.75. The summed E-state index contributed by atoms with van der Waals surface area (Å²) < 4.78 is 18.3. The molecule has 170 valence electrons. The van der Waals surface area contributed by atoms with Crippen molar-refractivity contribution in [3.05, 3.63) is 108 Å². The second-order valence-corrected chi connectivity index (χ2v) is 7.75. The lowest BCUT2D eigenvalue weighted by Crippen LogP contribution is -2.10. The lowest BCUT2D eigenvalue weighted by atomic mass is 10.0. The van der Waals surface area contributed by atoms with E-state index in [2.05, 4.69) is 34.7 Å². The predicted octanol–water partition coefficient (Wildman–Crippen LogP) is 5.52. The quantitative estimate of drug-likeness (QED) is 0.335. The van der Waals surface area contributed by atoms with Crippen molar-refractivity contribution < 1.29 is 18.7 Å². The summed E-state index contributed by atoms with van der Waals surface area (Å²) in [6.45, 7) is 0.813. The van der Waals surface area contributed by atoms with Crippen LogP contribution in [0.4, 0.5) is 5.69 Å². The van der Waals surface area contributed by atoms with E-state index < -0.39 is 0 Å². The zero-order valence-corrected chi connectivity index (χ0v) is 18.6. The Hall–Kier alpha value is -4.52. The molecule has 0 saturated heterocycles. The topological polar surface area (TPSA) is 78.5 Å². The number of nitrogens with one attached hydrogen (secondary N) is 1. The molecule has 2 heterocycles.